The Bertz CT molecular complexity index is 474. The van der Waals surface area contributed by atoms with Gasteiger partial charge in [-0.15, -0.1) is 0 Å². The van der Waals surface area contributed by atoms with Crippen LogP contribution >= 0.6 is 0 Å². The van der Waals surface area contributed by atoms with E-state index in [1.807, 2.05) is 0 Å². The fourth-order valence-corrected chi connectivity index (χ4v) is 35.7. The summed E-state index contributed by atoms with van der Waals surface area (Å²) in [5.74, 6) is 0. The largest absolute Gasteiger partial charge is 0.345 e. The fourth-order valence-electron chi connectivity index (χ4n) is 8.85. The summed E-state index contributed by atoms with van der Waals surface area (Å²) in [6, 6.07) is 17.5. The van der Waals surface area contributed by atoms with Crippen molar-refractivity contribution in [2.24, 2.45) is 0 Å². The van der Waals surface area contributed by atoms with E-state index in [0.29, 0.717) is 0 Å². The Morgan fingerprint density at radius 3 is 0.550 bits per heavy atom. The molecule has 0 aliphatic carbocycles. The van der Waals surface area contributed by atoms with Gasteiger partial charge in [-0.2, -0.15) is 0 Å². The lowest BCUT2D eigenvalue weighted by molar-refractivity contribution is 0.495. The van der Waals surface area contributed by atoms with E-state index in [9.17, 15) is 0 Å². The normalized spacial score (nSPS) is 13.7. The Morgan fingerprint density at radius 1 is 0.250 bits per heavy atom. The van der Waals surface area contributed by atoms with Gasteiger partial charge in [0.15, 0.2) is 0 Å². The van der Waals surface area contributed by atoms with Crippen molar-refractivity contribution in [3.05, 3.63) is 0 Å². The van der Waals surface area contributed by atoms with E-state index in [4.69, 9.17) is 0 Å². The van der Waals surface area contributed by atoms with Gasteiger partial charge in [-0.25, -0.2) is 0 Å². The van der Waals surface area contributed by atoms with Gasteiger partial charge < -0.3 is 8.46 Å². The summed E-state index contributed by atoms with van der Waals surface area (Å²) in [6.07, 6.45) is 11.7. The maximum absolute atomic E-state index is 3.30. The molecule has 0 aliphatic heterocycles. The Balaban J connectivity index is 4.87. The van der Waals surface area contributed by atoms with E-state index in [2.05, 4.69) is 91.5 Å². The third kappa shape index (κ3) is 10.2. The van der Waals surface area contributed by atoms with Crippen LogP contribution in [0.5, 0.6) is 0 Å². The van der Waals surface area contributed by atoms with Crippen LogP contribution in [0.4, 0.5) is 0 Å². The van der Waals surface area contributed by atoms with E-state index in [1.54, 1.807) is 0 Å². The second-order valence-electron chi connectivity index (χ2n) is 13.3. The van der Waals surface area contributed by atoms with E-state index >= 15 is 0 Å². The van der Waals surface area contributed by atoms with Gasteiger partial charge in [0.2, 0.25) is 0 Å². The molecule has 0 rings (SSSR count). The van der Waals surface area contributed by atoms with Crippen molar-refractivity contribution < 1.29 is 0 Å². The molecule has 0 saturated carbocycles. The van der Waals surface area contributed by atoms with Crippen LogP contribution in [0.25, 0.3) is 0 Å². The first kappa shape index (κ1) is 40.8. The fraction of sp³-hybridized carbons (Fsp3) is 1.00. The number of nitrogens with zero attached hydrogens (tertiary/aromatic N) is 2. The summed E-state index contributed by atoms with van der Waals surface area (Å²) in [5, 5.41) is 0. The van der Waals surface area contributed by atoms with Crippen LogP contribution in [0.1, 0.15) is 134 Å². The van der Waals surface area contributed by atoms with Gasteiger partial charge in [0.05, 0.1) is 0 Å². The van der Waals surface area contributed by atoms with Crippen molar-refractivity contribution in [3.8, 4) is 0 Å². The maximum atomic E-state index is 3.30. The van der Waals surface area contributed by atoms with Crippen molar-refractivity contribution in [3.63, 3.8) is 0 Å². The molecule has 0 aromatic rings. The predicted octanol–water partition coefficient (Wildman–Crippen LogP) is 12.7. The predicted molar refractivity (Wildman–Crippen MR) is 199 cm³/mol. The molecule has 2 nitrogen and oxygen atoms in total. The molecular formula is C34H80N2Si4. The van der Waals surface area contributed by atoms with Crippen LogP contribution in [-0.2, 0) is 0 Å². The third-order valence-corrected chi connectivity index (χ3v) is 39.7. The zero-order valence-corrected chi connectivity index (χ0v) is 34.5. The van der Waals surface area contributed by atoms with Crippen LogP contribution in [0.2, 0.25) is 72.5 Å². The minimum atomic E-state index is -1.29. The zero-order valence-electron chi connectivity index (χ0n) is 30.5. The van der Waals surface area contributed by atoms with E-state index in [1.165, 1.54) is 137 Å². The molecule has 0 unspecified atom stereocenters. The minimum absolute atomic E-state index is 1.29. The molecule has 0 N–H and O–H groups in total. The molecule has 0 aromatic carbocycles. The van der Waals surface area contributed by atoms with Gasteiger partial charge in [0.1, 0.15) is 32.9 Å². The summed E-state index contributed by atoms with van der Waals surface area (Å²) < 4.78 is 6.59. The Hall–Kier alpha value is 0.788. The van der Waals surface area contributed by atoms with Gasteiger partial charge in [-0.05, 0) is 98.5 Å². The smallest absolute Gasteiger partial charge is 0.120 e. The molecule has 242 valence electrons. The highest BCUT2D eigenvalue weighted by molar-refractivity contribution is 6.93. The SMILES string of the molecule is CC[Si](CC)(CC)N(CCCCCCCCCCN([Si](CC)(CC)CC)[Si](CC)(CC)CC)[Si](CC)(CC)CC. The molecule has 0 aliphatic rings. The van der Waals surface area contributed by atoms with Crippen molar-refractivity contribution in [1.29, 1.82) is 0 Å². The maximum Gasteiger partial charge on any atom is 0.120 e. The second-order valence-corrected chi connectivity index (χ2v) is 34.6. The Kier molecular flexibility index (Phi) is 21.9. The molecule has 0 bridgehead atoms. The standard InChI is InChI=1S/C34H80N2Si4/c1-13-37(14-2,15-3)35(38(16-4,17-5)18-6)33-31-29-27-25-26-28-30-32-34-36(39(19-7,20-8)21-9)40(22-10,23-11)24-12/h13-34H2,1-12H3. The Morgan fingerprint density at radius 2 is 0.400 bits per heavy atom. The number of rotatable bonds is 27. The average Bonchev–Trinajstić information content (AvgIpc) is 3.01. The van der Waals surface area contributed by atoms with E-state index < -0.39 is 32.9 Å². The molecule has 0 saturated heterocycles. The molecule has 40 heavy (non-hydrogen) atoms. The van der Waals surface area contributed by atoms with Crippen molar-refractivity contribution >= 4 is 32.9 Å². The monoisotopic (exact) mass is 629 g/mol. The highest BCUT2D eigenvalue weighted by Gasteiger charge is 2.46. The molecule has 0 heterocycles. The summed E-state index contributed by atoms with van der Waals surface area (Å²) in [4.78, 5) is 0. The lowest BCUT2D eigenvalue weighted by Gasteiger charge is -2.52. The molecule has 0 spiro atoms. The molecule has 0 fully saturated rings. The van der Waals surface area contributed by atoms with E-state index in [0.717, 1.165) is 0 Å². The second kappa shape index (κ2) is 21.5. The lowest BCUT2D eigenvalue weighted by atomic mass is 10.1. The minimum Gasteiger partial charge on any atom is -0.345 e. The van der Waals surface area contributed by atoms with Gasteiger partial charge in [0, 0.05) is 0 Å². The van der Waals surface area contributed by atoms with Crippen molar-refractivity contribution in [2.75, 3.05) is 13.1 Å². The van der Waals surface area contributed by atoms with Gasteiger partial charge in [-0.3, -0.25) is 0 Å². The number of hydrogen-bond acceptors (Lipinski definition) is 2. The first-order valence-electron chi connectivity index (χ1n) is 18.8. The van der Waals surface area contributed by atoms with Crippen LogP contribution in [-0.4, -0.2) is 54.5 Å². The highest BCUT2D eigenvalue weighted by atomic mass is 28.4. The zero-order chi connectivity index (χ0) is 30.7. The van der Waals surface area contributed by atoms with Crippen molar-refractivity contribution in [2.45, 2.75) is 207 Å². The molecular weight excluding hydrogens is 549 g/mol. The first-order chi connectivity index (χ1) is 19.2. The molecule has 0 radical (unpaired) electrons. The Labute approximate surface area is 260 Å². The van der Waals surface area contributed by atoms with Gasteiger partial charge >= 0.3 is 0 Å². The average molecular weight is 629 g/mol. The molecule has 0 amide bonds. The summed E-state index contributed by atoms with van der Waals surface area (Å²) in [5.41, 5.74) is 0. The molecule has 0 atom stereocenters. The van der Waals surface area contributed by atoms with Gasteiger partial charge in [0.25, 0.3) is 0 Å². The van der Waals surface area contributed by atoms with E-state index in [-0.39, 0.29) is 0 Å². The van der Waals surface area contributed by atoms with Crippen molar-refractivity contribution in [1.82, 2.24) is 8.46 Å². The molecule has 6 heteroatoms. The quantitative estimate of drug-likeness (QED) is 0.0659. The third-order valence-electron chi connectivity index (χ3n) is 12.7. The summed E-state index contributed by atoms with van der Waals surface area (Å²) in [7, 11) is -5.17. The lowest BCUT2D eigenvalue weighted by Crippen LogP contribution is -2.66. The highest BCUT2D eigenvalue weighted by Crippen LogP contribution is 2.37. The van der Waals surface area contributed by atoms with Crippen LogP contribution in [0.15, 0.2) is 0 Å². The summed E-state index contributed by atoms with van der Waals surface area (Å²) >= 11 is 0. The topological polar surface area (TPSA) is 6.48 Å². The number of hydrogen-bond donors (Lipinski definition) is 0. The first-order valence-corrected chi connectivity index (χ1v) is 29.0. The van der Waals surface area contributed by atoms with Crippen LogP contribution in [0, 0.1) is 0 Å². The van der Waals surface area contributed by atoms with Gasteiger partial charge in [-0.1, -0.05) is 122 Å². The number of unbranched alkanes of at least 4 members (excludes halogenated alkanes) is 7. The van der Waals surface area contributed by atoms with Crippen LogP contribution in [0.3, 0.4) is 0 Å². The summed E-state index contributed by atoms with van der Waals surface area (Å²) in [6.45, 7) is 33.1. The molecule has 0 aromatic heterocycles. The van der Waals surface area contributed by atoms with Crippen LogP contribution < -0.4 is 0 Å².